The van der Waals surface area contributed by atoms with Crippen molar-refractivity contribution in [3.63, 3.8) is 0 Å². The fourth-order valence-corrected chi connectivity index (χ4v) is 1.62. The van der Waals surface area contributed by atoms with Gasteiger partial charge in [-0.15, -0.1) is 13.2 Å². The Kier molecular flexibility index (Phi) is 3.36. The Morgan fingerprint density at radius 1 is 1.44 bits per heavy atom. The number of hydrogen-bond acceptors (Lipinski definition) is 6. The summed E-state index contributed by atoms with van der Waals surface area (Å²) >= 11 is 0. The molecule has 0 aliphatic carbocycles. The zero-order valence-corrected chi connectivity index (χ0v) is 9.21. The van der Waals surface area contributed by atoms with Crippen molar-refractivity contribution in [3.05, 3.63) is 11.9 Å². The van der Waals surface area contributed by atoms with Gasteiger partial charge in [0.1, 0.15) is 11.0 Å². The van der Waals surface area contributed by atoms with E-state index < -0.39 is 38.4 Å². The summed E-state index contributed by atoms with van der Waals surface area (Å²) in [6.45, 7) is 0. The van der Waals surface area contributed by atoms with E-state index in [0.717, 1.165) is 0 Å². The highest BCUT2D eigenvalue weighted by Crippen LogP contribution is 2.34. The molecule has 98 valence electrons. The summed E-state index contributed by atoms with van der Waals surface area (Å²) in [5, 5.41) is 13.3. The molecule has 0 fully saturated rings. The van der Waals surface area contributed by atoms with Gasteiger partial charge in [-0.3, -0.25) is 0 Å². The molecule has 1 rings (SSSR count). The molecule has 0 unspecified atom stereocenters. The van der Waals surface area contributed by atoms with Crippen LogP contribution in [0.15, 0.2) is 11.1 Å². The zero-order valence-electron chi connectivity index (χ0n) is 8.39. The molecular weight excluding hydrogens is 277 g/mol. The fourth-order valence-electron chi connectivity index (χ4n) is 1.02. The molecule has 1 aromatic heterocycles. The minimum absolute atomic E-state index is 0.576. The van der Waals surface area contributed by atoms with Crippen LogP contribution in [0.25, 0.3) is 0 Å². The van der Waals surface area contributed by atoms with Crippen LogP contribution in [0.2, 0.25) is 0 Å². The van der Waals surface area contributed by atoms with Gasteiger partial charge in [0.05, 0.1) is 11.9 Å². The third-order valence-corrected chi connectivity index (χ3v) is 2.60. The van der Waals surface area contributed by atoms with E-state index in [2.05, 4.69) is 9.72 Å². The summed E-state index contributed by atoms with van der Waals surface area (Å²) in [6.07, 6.45) is -4.58. The molecule has 4 N–H and O–H groups in total. The molecule has 0 saturated heterocycles. The highest BCUT2D eigenvalue weighted by molar-refractivity contribution is 7.89. The first kappa shape index (κ1) is 14.0. The number of sulfonamides is 1. The molecule has 11 heteroatoms. The van der Waals surface area contributed by atoms with Crippen molar-refractivity contribution >= 4 is 15.7 Å². The maximum atomic E-state index is 12.1. The number of alkyl halides is 3. The van der Waals surface area contributed by atoms with E-state index >= 15 is 0 Å². The third kappa shape index (κ3) is 2.99. The molecule has 0 aromatic carbocycles. The van der Waals surface area contributed by atoms with Crippen LogP contribution in [-0.4, -0.2) is 19.8 Å². The number of halogens is 3. The first-order valence-electron chi connectivity index (χ1n) is 4.03. The van der Waals surface area contributed by atoms with E-state index in [9.17, 15) is 21.6 Å². The maximum Gasteiger partial charge on any atom is 0.573 e. The predicted molar refractivity (Wildman–Crippen MR) is 51.4 cm³/mol. The van der Waals surface area contributed by atoms with Crippen molar-refractivity contribution in [2.24, 2.45) is 5.14 Å². The largest absolute Gasteiger partial charge is 0.573 e. The number of nitrogen functional groups attached to an aromatic ring is 1. The number of ether oxygens (including phenoxy) is 1. The Balaban J connectivity index is 3.53. The Hall–Kier alpha value is -2.06. The lowest BCUT2D eigenvalue weighted by Crippen LogP contribution is -2.21. The molecule has 0 spiro atoms. The Morgan fingerprint density at radius 2 is 2.00 bits per heavy atom. The van der Waals surface area contributed by atoms with E-state index in [-0.39, 0.29) is 0 Å². The molecule has 0 amide bonds. The summed E-state index contributed by atoms with van der Waals surface area (Å²) in [5.41, 5.74) is 3.44. The van der Waals surface area contributed by atoms with Crippen LogP contribution in [0.4, 0.5) is 18.9 Å². The lowest BCUT2D eigenvalue weighted by atomic mass is 10.3. The number of aromatic nitrogens is 1. The molecule has 0 aliphatic heterocycles. The van der Waals surface area contributed by atoms with Crippen molar-refractivity contribution in [1.29, 1.82) is 5.26 Å². The molecule has 0 atom stereocenters. The van der Waals surface area contributed by atoms with Crippen molar-refractivity contribution in [1.82, 2.24) is 4.98 Å². The highest BCUT2D eigenvalue weighted by atomic mass is 32.2. The van der Waals surface area contributed by atoms with Crippen LogP contribution >= 0.6 is 0 Å². The molecule has 1 heterocycles. The lowest BCUT2D eigenvalue weighted by molar-refractivity contribution is -0.274. The Labute approximate surface area is 98.8 Å². The summed E-state index contributed by atoms with van der Waals surface area (Å²) in [4.78, 5) is 2.32. The van der Waals surface area contributed by atoms with E-state index in [4.69, 9.17) is 16.1 Å². The quantitative estimate of drug-likeness (QED) is 0.789. The van der Waals surface area contributed by atoms with Gasteiger partial charge in [0.2, 0.25) is 10.0 Å². The smallest absolute Gasteiger partial charge is 0.400 e. The van der Waals surface area contributed by atoms with E-state index in [1.54, 1.807) is 0 Å². The second-order valence-corrected chi connectivity index (χ2v) is 4.45. The summed E-state index contributed by atoms with van der Waals surface area (Å²) in [6, 6.07) is 1.29. The van der Waals surface area contributed by atoms with Crippen molar-refractivity contribution in [3.8, 4) is 11.8 Å². The average Bonchev–Trinajstić information content (AvgIpc) is 2.17. The third-order valence-electron chi connectivity index (χ3n) is 1.67. The van der Waals surface area contributed by atoms with Crippen LogP contribution in [0.1, 0.15) is 5.69 Å². The van der Waals surface area contributed by atoms with Gasteiger partial charge in [0.15, 0.2) is 11.4 Å². The second-order valence-electron chi connectivity index (χ2n) is 2.92. The molecule has 18 heavy (non-hydrogen) atoms. The number of hydrogen-bond donors (Lipinski definition) is 2. The second kappa shape index (κ2) is 4.31. The molecule has 0 radical (unpaired) electrons. The van der Waals surface area contributed by atoms with E-state index in [1.165, 1.54) is 6.07 Å². The van der Waals surface area contributed by atoms with Crippen LogP contribution in [0, 0.1) is 11.3 Å². The number of nitrogens with zero attached hydrogens (tertiary/aromatic N) is 2. The molecule has 1 aromatic rings. The van der Waals surface area contributed by atoms with Gasteiger partial charge in [-0.25, -0.2) is 18.5 Å². The number of anilines is 1. The summed E-state index contributed by atoms with van der Waals surface area (Å²) in [7, 11) is -4.38. The van der Waals surface area contributed by atoms with Gasteiger partial charge in [-0.2, -0.15) is 5.26 Å². The number of rotatable bonds is 2. The maximum absolute atomic E-state index is 12.1. The fraction of sp³-hybridized carbons (Fsp3) is 0.143. The molecular formula is C7H5F3N4O3S. The monoisotopic (exact) mass is 282 g/mol. The van der Waals surface area contributed by atoms with Crippen LogP contribution in [0.3, 0.4) is 0 Å². The highest BCUT2D eigenvalue weighted by Gasteiger charge is 2.35. The first-order valence-corrected chi connectivity index (χ1v) is 5.58. The molecule has 0 bridgehead atoms. The van der Waals surface area contributed by atoms with Crippen LogP contribution in [-0.2, 0) is 10.0 Å². The topological polar surface area (TPSA) is 132 Å². The molecule has 0 saturated carbocycles. The van der Waals surface area contributed by atoms with Crippen LogP contribution in [0.5, 0.6) is 5.75 Å². The molecule has 7 nitrogen and oxygen atoms in total. The van der Waals surface area contributed by atoms with Crippen molar-refractivity contribution in [2.75, 3.05) is 5.73 Å². The lowest BCUT2D eigenvalue weighted by Gasteiger charge is -2.13. The number of nitriles is 1. The Bertz CT molecular complexity index is 620. The molecule has 0 aliphatic rings. The summed E-state index contributed by atoms with van der Waals surface area (Å²) < 4.78 is 61.7. The number of pyridine rings is 1. The van der Waals surface area contributed by atoms with Crippen molar-refractivity contribution < 1.29 is 26.3 Å². The van der Waals surface area contributed by atoms with Gasteiger partial charge in [-0.1, -0.05) is 0 Å². The van der Waals surface area contributed by atoms with Gasteiger partial charge in [-0.05, 0) is 0 Å². The summed E-state index contributed by atoms with van der Waals surface area (Å²) in [5.74, 6) is -1.20. The zero-order chi connectivity index (χ0) is 14.1. The number of primary sulfonamides is 1. The first-order chi connectivity index (χ1) is 8.06. The van der Waals surface area contributed by atoms with Gasteiger partial charge in [0, 0.05) is 0 Å². The Morgan fingerprint density at radius 3 is 2.39 bits per heavy atom. The van der Waals surface area contributed by atoms with Crippen molar-refractivity contribution in [2.45, 2.75) is 11.3 Å². The normalized spacial score (nSPS) is 11.9. The minimum Gasteiger partial charge on any atom is -0.400 e. The van der Waals surface area contributed by atoms with Gasteiger partial charge < -0.3 is 10.5 Å². The standard InChI is InChI=1S/C7H5F3N4O3S/c8-7(9,10)17-6-3(1-11)14-2-4(5(6)12)18(13,15)16/h2H,(H2,12,14)(H2,13,15,16). The minimum atomic E-state index is -5.15. The van der Waals surface area contributed by atoms with E-state index in [0.29, 0.717) is 6.20 Å². The van der Waals surface area contributed by atoms with Crippen LogP contribution < -0.4 is 15.6 Å². The average molecular weight is 282 g/mol. The van der Waals surface area contributed by atoms with E-state index in [1.807, 2.05) is 0 Å². The SMILES string of the molecule is N#Cc1ncc(S(N)(=O)=O)c(N)c1OC(F)(F)F. The number of nitrogens with two attached hydrogens (primary N) is 2. The predicted octanol–water partition coefficient (Wildman–Crippen LogP) is 0.0815. The van der Waals surface area contributed by atoms with Gasteiger partial charge in [0.25, 0.3) is 0 Å². The van der Waals surface area contributed by atoms with Gasteiger partial charge >= 0.3 is 6.36 Å².